The summed E-state index contributed by atoms with van der Waals surface area (Å²) in [5, 5.41) is 13.8. The molecule has 30 heavy (non-hydrogen) atoms. The van der Waals surface area contributed by atoms with Gasteiger partial charge in [-0.1, -0.05) is 41.7 Å². The number of nitrogens with one attached hydrogen (secondary N) is 1. The van der Waals surface area contributed by atoms with E-state index in [1.165, 1.54) is 24.2 Å². The fraction of sp³-hybridized carbons (Fsp3) is 0.261. The predicted molar refractivity (Wildman–Crippen MR) is 118 cm³/mol. The number of anilines is 1. The maximum absolute atomic E-state index is 12.3. The molecule has 4 aromatic rings. The first kappa shape index (κ1) is 18.8. The van der Waals surface area contributed by atoms with E-state index in [0.717, 1.165) is 27.2 Å². The molecule has 2 aromatic heterocycles. The van der Waals surface area contributed by atoms with Gasteiger partial charge in [0.05, 0.1) is 0 Å². The second kappa shape index (κ2) is 8.28. The first-order valence-corrected chi connectivity index (χ1v) is 10.9. The van der Waals surface area contributed by atoms with Gasteiger partial charge in [-0.2, -0.15) is 0 Å². The Balaban J connectivity index is 1.18. The maximum atomic E-state index is 12.3. The Bertz CT molecular complexity index is 1160. The summed E-state index contributed by atoms with van der Waals surface area (Å²) in [7, 11) is 0. The van der Waals surface area contributed by atoms with Crippen molar-refractivity contribution in [3.63, 3.8) is 0 Å². The fourth-order valence-electron chi connectivity index (χ4n) is 3.39. The number of hydrogen-bond donors (Lipinski definition) is 1. The van der Waals surface area contributed by atoms with Crippen molar-refractivity contribution < 1.29 is 9.53 Å². The summed E-state index contributed by atoms with van der Waals surface area (Å²) in [6.07, 6.45) is 4.76. The van der Waals surface area contributed by atoms with Crippen LogP contribution >= 0.6 is 11.3 Å². The lowest BCUT2D eigenvalue weighted by Gasteiger charge is -2.08. The van der Waals surface area contributed by atoms with Gasteiger partial charge in [-0.3, -0.25) is 4.79 Å². The number of fused-ring (bicyclic) bond motifs is 1. The van der Waals surface area contributed by atoms with Crippen LogP contribution in [0.25, 0.3) is 10.9 Å². The van der Waals surface area contributed by atoms with Gasteiger partial charge in [-0.25, -0.2) is 0 Å². The van der Waals surface area contributed by atoms with Crippen LogP contribution in [0.5, 0.6) is 5.75 Å². The van der Waals surface area contributed by atoms with E-state index in [-0.39, 0.29) is 5.91 Å². The summed E-state index contributed by atoms with van der Waals surface area (Å²) < 4.78 is 8.00. The van der Waals surface area contributed by atoms with Crippen molar-refractivity contribution in [3.8, 4) is 5.75 Å². The lowest BCUT2D eigenvalue weighted by atomic mass is 10.2. The van der Waals surface area contributed by atoms with Crippen LogP contribution in [0.4, 0.5) is 5.13 Å². The normalized spacial score (nSPS) is 13.5. The number of carbonyl (C=O) groups is 1. The van der Waals surface area contributed by atoms with Gasteiger partial charge in [0.2, 0.25) is 11.0 Å². The average Bonchev–Trinajstić information content (AvgIpc) is 3.39. The number of carbonyl (C=O) groups excluding carboxylic acids is 1. The van der Waals surface area contributed by atoms with Gasteiger partial charge in [0.1, 0.15) is 17.4 Å². The topological polar surface area (TPSA) is 69.0 Å². The van der Waals surface area contributed by atoms with Crippen molar-refractivity contribution in [2.75, 3.05) is 5.32 Å². The summed E-state index contributed by atoms with van der Waals surface area (Å²) in [6, 6.07) is 18.2. The SMILES string of the molecule is O=C(CCn1ccc2cc(OCc3ccccc3)ccc21)Nc1nnc(C2CC2)s1. The number of aromatic nitrogens is 3. The predicted octanol–water partition coefficient (Wildman–Crippen LogP) is 4.98. The lowest BCUT2D eigenvalue weighted by Crippen LogP contribution is -2.14. The molecule has 0 aliphatic heterocycles. The van der Waals surface area contributed by atoms with Crippen molar-refractivity contribution in [1.29, 1.82) is 0 Å². The van der Waals surface area contributed by atoms with Crippen LogP contribution in [-0.2, 0) is 17.9 Å². The van der Waals surface area contributed by atoms with E-state index < -0.39 is 0 Å². The standard InChI is InChI=1S/C23H22N4O2S/c28-21(24-23-26-25-22(30-23)17-6-7-17)11-13-27-12-10-18-14-19(8-9-20(18)27)29-15-16-4-2-1-3-5-16/h1-5,8-10,12,14,17H,6-7,11,13,15H2,(H,24,26,28). The highest BCUT2D eigenvalue weighted by atomic mass is 32.1. The Morgan fingerprint density at radius 2 is 2.00 bits per heavy atom. The molecule has 6 nitrogen and oxygen atoms in total. The first-order valence-electron chi connectivity index (χ1n) is 10.1. The molecule has 1 N–H and O–H groups in total. The third-order valence-corrected chi connectivity index (χ3v) is 6.19. The van der Waals surface area contributed by atoms with Crippen LogP contribution in [0.2, 0.25) is 0 Å². The van der Waals surface area contributed by atoms with E-state index in [1.54, 1.807) is 0 Å². The lowest BCUT2D eigenvalue weighted by molar-refractivity contribution is -0.116. The summed E-state index contributed by atoms with van der Waals surface area (Å²) in [5.74, 6) is 1.35. The van der Waals surface area contributed by atoms with Crippen LogP contribution in [0, 0.1) is 0 Å². The van der Waals surface area contributed by atoms with Crippen molar-refractivity contribution in [2.24, 2.45) is 0 Å². The van der Waals surface area contributed by atoms with Gasteiger partial charge < -0.3 is 14.6 Å². The molecule has 2 heterocycles. The number of ether oxygens (including phenoxy) is 1. The fourth-order valence-corrected chi connectivity index (χ4v) is 4.32. The Morgan fingerprint density at radius 1 is 1.13 bits per heavy atom. The van der Waals surface area contributed by atoms with Crippen LogP contribution in [0.15, 0.2) is 60.8 Å². The molecule has 0 atom stereocenters. The molecule has 0 saturated heterocycles. The summed E-state index contributed by atoms with van der Waals surface area (Å²) in [5.41, 5.74) is 2.22. The number of aryl methyl sites for hydroxylation is 1. The van der Waals surface area contributed by atoms with Crippen molar-refractivity contribution in [3.05, 3.63) is 71.4 Å². The van der Waals surface area contributed by atoms with Gasteiger partial charge >= 0.3 is 0 Å². The number of amides is 1. The number of nitrogens with zero attached hydrogens (tertiary/aromatic N) is 3. The van der Waals surface area contributed by atoms with Crippen molar-refractivity contribution in [2.45, 2.75) is 38.3 Å². The van der Waals surface area contributed by atoms with Crippen LogP contribution in [-0.4, -0.2) is 20.7 Å². The molecule has 1 aliphatic rings. The molecular weight excluding hydrogens is 396 g/mol. The van der Waals surface area contributed by atoms with Gasteiger partial charge in [0.25, 0.3) is 0 Å². The Labute approximate surface area is 178 Å². The summed E-state index contributed by atoms with van der Waals surface area (Å²) in [4.78, 5) is 12.3. The van der Waals surface area contributed by atoms with E-state index in [2.05, 4.69) is 38.3 Å². The Kier molecular flexibility index (Phi) is 5.19. The largest absolute Gasteiger partial charge is 0.489 e. The van der Waals surface area contributed by atoms with E-state index >= 15 is 0 Å². The zero-order valence-electron chi connectivity index (χ0n) is 16.5. The highest BCUT2D eigenvalue weighted by molar-refractivity contribution is 7.15. The molecule has 0 unspecified atom stereocenters. The van der Waals surface area contributed by atoms with Crippen LogP contribution in [0.3, 0.4) is 0 Å². The number of benzene rings is 2. The highest BCUT2D eigenvalue weighted by Crippen LogP contribution is 2.42. The van der Waals surface area contributed by atoms with Gasteiger partial charge in [0.15, 0.2) is 0 Å². The minimum Gasteiger partial charge on any atom is -0.489 e. The minimum atomic E-state index is -0.0434. The zero-order valence-corrected chi connectivity index (χ0v) is 17.3. The van der Waals surface area contributed by atoms with Crippen molar-refractivity contribution >= 4 is 33.3 Å². The summed E-state index contributed by atoms with van der Waals surface area (Å²) >= 11 is 1.49. The molecule has 5 rings (SSSR count). The third-order valence-electron chi connectivity index (χ3n) is 5.18. The molecule has 1 aliphatic carbocycles. The molecule has 2 aromatic carbocycles. The molecule has 0 bridgehead atoms. The van der Waals surface area contributed by atoms with Gasteiger partial charge in [-0.05, 0) is 42.7 Å². The van der Waals surface area contributed by atoms with E-state index in [1.807, 2.05) is 42.6 Å². The van der Waals surface area contributed by atoms with E-state index in [9.17, 15) is 4.79 Å². The van der Waals surface area contributed by atoms with E-state index in [4.69, 9.17) is 4.74 Å². The summed E-state index contributed by atoms with van der Waals surface area (Å²) in [6.45, 7) is 1.15. The number of rotatable bonds is 8. The molecule has 1 amide bonds. The minimum absolute atomic E-state index is 0.0434. The first-order chi connectivity index (χ1) is 14.7. The molecule has 1 saturated carbocycles. The smallest absolute Gasteiger partial charge is 0.227 e. The molecule has 0 radical (unpaired) electrons. The van der Waals surface area contributed by atoms with E-state index in [0.29, 0.717) is 30.6 Å². The van der Waals surface area contributed by atoms with Crippen LogP contribution < -0.4 is 10.1 Å². The molecule has 152 valence electrons. The molecular formula is C23H22N4O2S. The second-order valence-corrected chi connectivity index (χ2v) is 8.53. The van der Waals surface area contributed by atoms with Crippen molar-refractivity contribution in [1.82, 2.24) is 14.8 Å². The average molecular weight is 419 g/mol. The molecule has 7 heteroatoms. The van der Waals surface area contributed by atoms with Gasteiger partial charge in [0, 0.05) is 36.0 Å². The highest BCUT2D eigenvalue weighted by Gasteiger charge is 2.27. The monoisotopic (exact) mass is 418 g/mol. The second-order valence-electron chi connectivity index (χ2n) is 7.52. The van der Waals surface area contributed by atoms with Crippen LogP contribution in [0.1, 0.15) is 35.8 Å². The Morgan fingerprint density at radius 3 is 2.83 bits per heavy atom. The Hall–Kier alpha value is -3.19. The number of hydrogen-bond acceptors (Lipinski definition) is 5. The van der Waals surface area contributed by atoms with Gasteiger partial charge in [-0.15, -0.1) is 10.2 Å². The quantitative estimate of drug-likeness (QED) is 0.438. The third kappa shape index (κ3) is 4.36. The zero-order chi connectivity index (χ0) is 20.3. The molecule has 1 fully saturated rings. The molecule has 0 spiro atoms. The maximum Gasteiger partial charge on any atom is 0.227 e.